The predicted octanol–water partition coefficient (Wildman–Crippen LogP) is 5.48. The van der Waals surface area contributed by atoms with E-state index in [9.17, 15) is 0 Å². The number of hydrogen-bond donors (Lipinski definition) is 0. The molecule has 0 nitrogen and oxygen atoms in total. The Hall–Kier alpha value is -0.260. The van der Waals surface area contributed by atoms with Crippen LogP contribution in [0.3, 0.4) is 0 Å². The lowest BCUT2D eigenvalue weighted by atomic mass is 9.90. The van der Waals surface area contributed by atoms with Gasteiger partial charge in [0.1, 0.15) is 0 Å². The minimum absolute atomic E-state index is 0.824. The van der Waals surface area contributed by atoms with Gasteiger partial charge in [-0.3, -0.25) is 0 Å². The second kappa shape index (κ2) is 7.09. The summed E-state index contributed by atoms with van der Waals surface area (Å²) >= 11 is 0. The van der Waals surface area contributed by atoms with Gasteiger partial charge in [-0.2, -0.15) is 0 Å². The molecule has 0 heteroatoms. The van der Waals surface area contributed by atoms with Crippen molar-refractivity contribution in [2.24, 2.45) is 5.92 Å². The Labute approximate surface area is 96.2 Å². The van der Waals surface area contributed by atoms with Crippen LogP contribution in [-0.2, 0) is 0 Å². The van der Waals surface area contributed by atoms with Crippen molar-refractivity contribution in [2.45, 2.75) is 78.6 Å². The van der Waals surface area contributed by atoms with E-state index in [-0.39, 0.29) is 0 Å². The topological polar surface area (TPSA) is 0 Å². The van der Waals surface area contributed by atoms with E-state index in [1.807, 2.05) is 0 Å². The van der Waals surface area contributed by atoms with Gasteiger partial charge in [0.15, 0.2) is 0 Å². The third-order valence-corrected chi connectivity index (χ3v) is 4.10. The van der Waals surface area contributed by atoms with Crippen LogP contribution in [-0.4, -0.2) is 0 Å². The Kier molecular flexibility index (Phi) is 6.05. The second-order valence-electron chi connectivity index (χ2n) is 5.38. The maximum absolute atomic E-state index is 2.41. The van der Waals surface area contributed by atoms with Crippen molar-refractivity contribution in [3.63, 3.8) is 0 Å². The molecule has 0 N–H and O–H groups in total. The highest BCUT2D eigenvalue weighted by atomic mass is 14.1. The molecule has 0 aliphatic heterocycles. The molecule has 1 rings (SSSR count). The Morgan fingerprint density at radius 2 is 1.33 bits per heavy atom. The van der Waals surface area contributed by atoms with Crippen LogP contribution in [0.1, 0.15) is 78.6 Å². The molecule has 0 radical (unpaired) electrons. The van der Waals surface area contributed by atoms with Crippen LogP contribution in [0.2, 0.25) is 0 Å². The molecule has 88 valence electrons. The van der Waals surface area contributed by atoms with E-state index < -0.39 is 0 Å². The van der Waals surface area contributed by atoms with Crippen molar-refractivity contribution in [2.75, 3.05) is 0 Å². The standard InChI is InChI=1S/C15H28/c1-13-11-9-7-5-4-6-8-10-12-14(2)15(13)3/h13H,4-12H2,1-3H3. The average Bonchev–Trinajstić information content (AvgIpc) is 2.23. The quantitative estimate of drug-likeness (QED) is 0.462. The van der Waals surface area contributed by atoms with E-state index >= 15 is 0 Å². The summed E-state index contributed by atoms with van der Waals surface area (Å²) in [6, 6.07) is 0. The Morgan fingerprint density at radius 3 is 2.00 bits per heavy atom. The highest BCUT2D eigenvalue weighted by Crippen LogP contribution is 2.25. The van der Waals surface area contributed by atoms with Gasteiger partial charge in [-0.15, -0.1) is 0 Å². The summed E-state index contributed by atoms with van der Waals surface area (Å²) < 4.78 is 0. The molecule has 0 aromatic heterocycles. The van der Waals surface area contributed by atoms with Crippen molar-refractivity contribution < 1.29 is 0 Å². The fourth-order valence-electron chi connectivity index (χ4n) is 2.56. The lowest BCUT2D eigenvalue weighted by Gasteiger charge is -2.17. The molecule has 1 aliphatic rings. The molecule has 0 aromatic carbocycles. The Balaban J connectivity index is 2.52. The largest absolute Gasteiger partial charge is 0.0741 e. The van der Waals surface area contributed by atoms with Gasteiger partial charge < -0.3 is 0 Å². The van der Waals surface area contributed by atoms with Gasteiger partial charge in [0.05, 0.1) is 0 Å². The van der Waals surface area contributed by atoms with Crippen molar-refractivity contribution in [1.82, 2.24) is 0 Å². The van der Waals surface area contributed by atoms with Crippen LogP contribution in [0.5, 0.6) is 0 Å². The number of allylic oxidation sites excluding steroid dienone is 2. The maximum Gasteiger partial charge on any atom is -0.0232 e. The number of hydrogen-bond acceptors (Lipinski definition) is 0. The van der Waals surface area contributed by atoms with Crippen molar-refractivity contribution in [3.8, 4) is 0 Å². The van der Waals surface area contributed by atoms with Gasteiger partial charge in [0.2, 0.25) is 0 Å². The van der Waals surface area contributed by atoms with Crippen molar-refractivity contribution >= 4 is 0 Å². The molecule has 0 fully saturated rings. The highest BCUT2D eigenvalue weighted by molar-refractivity contribution is 5.12. The molecule has 0 heterocycles. The lowest BCUT2D eigenvalue weighted by molar-refractivity contribution is 0.509. The molecule has 15 heavy (non-hydrogen) atoms. The van der Waals surface area contributed by atoms with E-state index in [1.165, 1.54) is 57.8 Å². The third-order valence-electron chi connectivity index (χ3n) is 4.10. The summed E-state index contributed by atoms with van der Waals surface area (Å²) in [7, 11) is 0. The lowest BCUT2D eigenvalue weighted by Crippen LogP contribution is -2.00. The summed E-state index contributed by atoms with van der Waals surface area (Å²) in [5.74, 6) is 0.824. The van der Waals surface area contributed by atoms with E-state index in [4.69, 9.17) is 0 Å². The van der Waals surface area contributed by atoms with Gasteiger partial charge in [-0.25, -0.2) is 0 Å². The highest BCUT2D eigenvalue weighted by Gasteiger charge is 2.08. The molecule has 0 amide bonds. The summed E-state index contributed by atoms with van der Waals surface area (Å²) in [5, 5.41) is 0. The first kappa shape index (κ1) is 12.8. The van der Waals surface area contributed by atoms with Crippen LogP contribution in [0, 0.1) is 5.92 Å². The fourth-order valence-corrected chi connectivity index (χ4v) is 2.56. The monoisotopic (exact) mass is 208 g/mol. The Bertz CT molecular complexity index is 200. The minimum Gasteiger partial charge on any atom is -0.0741 e. The van der Waals surface area contributed by atoms with Crippen LogP contribution < -0.4 is 0 Å². The number of rotatable bonds is 0. The average molecular weight is 208 g/mol. The maximum atomic E-state index is 2.41. The first-order valence-electron chi connectivity index (χ1n) is 6.88. The minimum atomic E-state index is 0.824. The SMILES string of the molecule is CC1=C(C)C(C)CCCCCCCCC1. The van der Waals surface area contributed by atoms with Gasteiger partial charge in [0.25, 0.3) is 0 Å². The summed E-state index contributed by atoms with van der Waals surface area (Å²) in [6.07, 6.45) is 12.9. The first-order valence-corrected chi connectivity index (χ1v) is 6.88. The molecule has 0 saturated heterocycles. The zero-order chi connectivity index (χ0) is 11.1. The molecule has 0 bridgehead atoms. The second-order valence-corrected chi connectivity index (χ2v) is 5.38. The molecule has 1 aliphatic carbocycles. The summed E-state index contributed by atoms with van der Waals surface area (Å²) in [4.78, 5) is 0. The van der Waals surface area contributed by atoms with Crippen LogP contribution >= 0.6 is 0 Å². The van der Waals surface area contributed by atoms with Crippen molar-refractivity contribution in [1.29, 1.82) is 0 Å². The van der Waals surface area contributed by atoms with Gasteiger partial charge in [-0.05, 0) is 39.0 Å². The van der Waals surface area contributed by atoms with E-state index in [0.29, 0.717) is 0 Å². The first-order chi connectivity index (χ1) is 7.22. The molecular weight excluding hydrogens is 180 g/mol. The molecular formula is C15H28. The van der Waals surface area contributed by atoms with Crippen LogP contribution in [0.4, 0.5) is 0 Å². The van der Waals surface area contributed by atoms with Crippen LogP contribution in [0.15, 0.2) is 11.1 Å². The molecule has 1 atom stereocenters. The van der Waals surface area contributed by atoms with Gasteiger partial charge >= 0.3 is 0 Å². The summed E-state index contributed by atoms with van der Waals surface area (Å²) in [6.45, 7) is 7.11. The summed E-state index contributed by atoms with van der Waals surface area (Å²) in [5.41, 5.74) is 3.35. The third kappa shape index (κ3) is 4.86. The molecule has 0 spiro atoms. The fraction of sp³-hybridized carbons (Fsp3) is 0.867. The smallest absolute Gasteiger partial charge is 0.0232 e. The predicted molar refractivity (Wildman–Crippen MR) is 69.1 cm³/mol. The van der Waals surface area contributed by atoms with Gasteiger partial charge in [0, 0.05) is 0 Å². The van der Waals surface area contributed by atoms with Gasteiger partial charge in [-0.1, -0.05) is 56.6 Å². The van der Waals surface area contributed by atoms with Crippen LogP contribution in [0.25, 0.3) is 0 Å². The molecule has 1 unspecified atom stereocenters. The van der Waals surface area contributed by atoms with E-state index in [2.05, 4.69) is 20.8 Å². The zero-order valence-electron chi connectivity index (χ0n) is 10.9. The Morgan fingerprint density at radius 1 is 0.800 bits per heavy atom. The van der Waals surface area contributed by atoms with E-state index in [0.717, 1.165) is 5.92 Å². The zero-order valence-corrected chi connectivity index (χ0v) is 10.9. The normalized spacial score (nSPS) is 27.0. The van der Waals surface area contributed by atoms with Crippen molar-refractivity contribution in [3.05, 3.63) is 11.1 Å². The molecule has 0 saturated carbocycles. The van der Waals surface area contributed by atoms with E-state index in [1.54, 1.807) is 11.1 Å². The molecule has 0 aromatic rings.